The second-order valence-corrected chi connectivity index (χ2v) is 5.01. The van der Waals surface area contributed by atoms with Gasteiger partial charge in [0, 0.05) is 5.02 Å². The minimum atomic E-state index is -0.659. The van der Waals surface area contributed by atoms with Crippen molar-refractivity contribution in [2.75, 3.05) is 4.90 Å². The van der Waals surface area contributed by atoms with Crippen molar-refractivity contribution in [2.45, 2.75) is 26.4 Å². The van der Waals surface area contributed by atoms with Crippen LogP contribution < -0.4 is 4.90 Å². The molecule has 0 saturated carbocycles. The minimum Gasteiger partial charge on any atom is -0.443 e. The van der Waals surface area contributed by atoms with Crippen LogP contribution in [0.4, 0.5) is 10.5 Å². The lowest BCUT2D eigenvalue weighted by Gasteiger charge is -2.24. The molecule has 0 aliphatic carbocycles. The molecule has 4 nitrogen and oxygen atoms in total. The Hall–Kier alpha value is -1.77. The first-order valence-electron chi connectivity index (χ1n) is 5.32. The zero-order valence-corrected chi connectivity index (χ0v) is 11.2. The molecule has 0 heterocycles. The highest BCUT2D eigenvalue weighted by Crippen LogP contribution is 2.21. The second kappa shape index (κ2) is 5.71. The number of nitrogens with zero attached hydrogens (tertiary/aromatic N) is 1. The molecule has 0 N–H and O–H groups in total. The average molecular weight is 268 g/mol. The Balaban J connectivity index is 3.03. The molecule has 0 radical (unpaired) electrons. The van der Waals surface area contributed by atoms with Gasteiger partial charge < -0.3 is 4.74 Å². The number of anilines is 1. The summed E-state index contributed by atoms with van der Waals surface area (Å²) in [6.07, 6.45) is 0.313. The molecule has 0 bridgehead atoms. The Morgan fingerprint density at radius 3 is 2.61 bits per heavy atom. The van der Waals surface area contributed by atoms with E-state index in [0.29, 0.717) is 10.7 Å². The maximum absolute atomic E-state index is 11.9. The van der Waals surface area contributed by atoms with Gasteiger partial charge in [-0.2, -0.15) is 0 Å². The number of carbonyl (C=O) groups excluding carboxylic acids is 2. The number of benzene rings is 1. The number of ether oxygens (including phenoxy) is 1. The summed E-state index contributed by atoms with van der Waals surface area (Å²) in [6, 6.07) is 6.54. The van der Waals surface area contributed by atoms with Crippen molar-refractivity contribution in [3.05, 3.63) is 35.5 Å². The fraction of sp³-hybridized carbons (Fsp3) is 0.308. The Morgan fingerprint density at radius 2 is 2.11 bits per heavy atom. The van der Waals surface area contributed by atoms with Gasteiger partial charge in [0.05, 0.1) is 11.9 Å². The molecule has 1 amide bonds. The quantitative estimate of drug-likeness (QED) is 0.771. The lowest BCUT2D eigenvalue weighted by atomic mass is 10.2. The molecular weight excluding hydrogens is 254 g/mol. The molecule has 0 spiro atoms. The topological polar surface area (TPSA) is 46.6 Å². The van der Waals surface area contributed by atoms with Crippen LogP contribution in [-0.2, 0) is 9.53 Å². The maximum atomic E-state index is 11.9. The maximum Gasteiger partial charge on any atom is 0.419 e. The fourth-order valence-electron chi connectivity index (χ4n) is 1.22. The van der Waals surface area contributed by atoms with E-state index >= 15 is 0 Å². The molecule has 96 valence electrons. The Kier molecular flexibility index (Phi) is 4.54. The summed E-state index contributed by atoms with van der Waals surface area (Å²) in [5, 5.41) is 0.459. The van der Waals surface area contributed by atoms with E-state index in [2.05, 4.69) is 0 Å². The average Bonchev–Trinajstić information content (AvgIpc) is 2.23. The molecule has 0 aliphatic rings. The summed E-state index contributed by atoms with van der Waals surface area (Å²) in [5.74, 6) is 1.56. The molecule has 0 saturated heterocycles. The largest absolute Gasteiger partial charge is 0.443 e. The fourth-order valence-corrected chi connectivity index (χ4v) is 1.41. The highest BCUT2D eigenvalue weighted by Gasteiger charge is 2.22. The molecule has 1 rings (SSSR count). The first-order chi connectivity index (χ1) is 8.33. The van der Waals surface area contributed by atoms with Gasteiger partial charge in [0.25, 0.3) is 0 Å². The van der Waals surface area contributed by atoms with Gasteiger partial charge >= 0.3 is 6.09 Å². The summed E-state index contributed by atoms with van der Waals surface area (Å²) in [5.41, 5.74) is -0.204. The van der Waals surface area contributed by atoms with Gasteiger partial charge in [-0.25, -0.2) is 14.5 Å². The van der Waals surface area contributed by atoms with Crippen molar-refractivity contribution in [2.24, 2.45) is 0 Å². The Labute approximate surface area is 111 Å². The highest BCUT2D eigenvalue weighted by atomic mass is 35.5. The van der Waals surface area contributed by atoms with Crippen LogP contribution in [0.5, 0.6) is 0 Å². The zero-order valence-electron chi connectivity index (χ0n) is 10.4. The van der Waals surface area contributed by atoms with E-state index in [1.54, 1.807) is 51.0 Å². The standard InChI is InChI=1S/C13H14ClNO3/c1-13(2,3)18-12(17)15(7-8-16)11-6-4-5-10(14)9-11/h4-7,9H,1-3H3. The summed E-state index contributed by atoms with van der Waals surface area (Å²) in [6.45, 7) is 5.23. The predicted octanol–water partition coefficient (Wildman–Crippen LogP) is 3.43. The van der Waals surface area contributed by atoms with Gasteiger partial charge in [-0.05, 0) is 39.0 Å². The summed E-state index contributed by atoms with van der Waals surface area (Å²) < 4.78 is 5.18. The van der Waals surface area contributed by atoms with E-state index in [9.17, 15) is 9.59 Å². The summed E-state index contributed by atoms with van der Waals surface area (Å²) in [7, 11) is 0. The molecule has 0 aromatic heterocycles. The van der Waals surface area contributed by atoms with E-state index in [1.807, 2.05) is 0 Å². The minimum absolute atomic E-state index is 0.445. The van der Waals surface area contributed by atoms with Gasteiger partial charge in [0.1, 0.15) is 11.5 Å². The molecule has 1 aromatic carbocycles. The van der Waals surface area contributed by atoms with Gasteiger partial charge in [0.15, 0.2) is 0 Å². The van der Waals surface area contributed by atoms with Crippen molar-refractivity contribution >= 4 is 29.3 Å². The van der Waals surface area contributed by atoms with Crippen LogP contribution in [0.2, 0.25) is 5.02 Å². The Morgan fingerprint density at radius 1 is 1.44 bits per heavy atom. The zero-order chi connectivity index (χ0) is 13.8. The van der Waals surface area contributed by atoms with Crippen molar-refractivity contribution in [3.8, 4) is 0 Å². The lowest BCUT2D eigenvalue weighted by molar-refractivity contribution is 0.0597. The van der Waals surface area contributed by atoms with E-state index in [0.717, 1.165) is 11.1 Å². The van der Waals surface area contributed by atoms with Crippen molar-refractivity contribution in [1.29, 1.82) is 0 Å². The van der Waals surface area contributed by atoms with Crippen LogP contribution in [-0.4, -0.2) is 17.6 Å². The molecule has 0 fully saturated rings. The lowest BCUT2D eigenvalue weighted by Crippen LogP contribution is -2.33. The van der Waals surface area contributed by atoms with Crippen LogP contribution in [0.1, 0.15) is 20.8 Å². The number of hydrogen-bond acceptors (Lipinski definition) is 3. The normalized spacial score (nSPS) is 10.4. The smallest absolute Gasteiger partial charge is 0.419 e. The van der Waals surface area contributed by atoms with Gasteiger partial charge in [-0.15, -0.1) is 0 Å². The molecule has 0 atom stereocenters. The van der Waals surface area contributed by atoms with Crippen LogP contribution in [0, 0.1) is 0 Å². The van der Waals surface area contributed by atoms with E-state index in [-0.39, 0.29) is 0 Å². The molecule has 0 unspecified atom stereocenters. The van der Waals surface area contributed by atoms with Gasteiger partial charge in [-0.1, -0.05) is 17.7 Å². The van der Waals surface area contributed by atoms with Crippen LogP contribution >= 0.6 is 11.6 Å². The van der Waals surface area contributed by atoms with Gasteiger partial charge in [0.2, 0.25) is 0 Å². The van der Waals surface area contributed by atoms with Crippen LogP contribution in [0.25, 0.3) is 0 Å². The van der Waals surface area contributed by atoms with Crippen molar-refractivity contribution in [3.63, 3.8) is 0 Å². The third-order valence-electron chi connectivity index (χ3n) is 1.86. The first-order valence-corrected chi connectivity index (χ1v) is 5.70. The molecular formula is C13H14ClNO3. The summed E-state index contributed by atoms with van der Waals surface area (Å²) >= 11 is 5.84. The molecule has 5 heteroatoms. The van der Waals surface area contributed by atoms with E-state index in [1.165, 1.54) is 0 Å². The number of carbonyl (C=O) groups is 1. The van der Waals surface area contributed by atoms with E-state index < -0.39 is 11.7 Å². The summed E-state index contributed by atoms with van der Waals surface area (Å²) in [4.78, 5) is 23.5. The molecule has 18 heavy (non-hydrogen) atoms. The molecule has 1 aromatic rings. The predicted molar refractivity (Wildman–Crippen MR) is 70.4 cm³/mol. The third kappa shape index (κ3) is 4.24. The van der Waals surface area contributed by atoms with Gasteiger partial charge in [-0.3, -0.25) is 0 Å². The Bertz CT molecular complexity index is 487. The van der Waals surface area contributed by atoms with Crippen LogP contribution in [0.15, 0.2) is 30.5 Å². The van der Waals surface area contributed by atoms with E-state index in [4.69, 9.17) is 16.3 Å². The number of halogens is 1. The number of hydrogen-bond donors (Lipinski definition) is 0. The first kappa shape index (κ1) is 14.3. The highest BCUT2D eigenvalue weighted by molar-refractivity contribution is 6.30. The molecule has 0 aliphatic heterocycles. The van der Waals surface area contributed by atoms with Crippen LogP contribution in [0.3, 0.4) is 0 Å². The number of amides is 1. The second-order valence-electron chi connectivity index (χ2n) is 4.58. The monoisotopic (exact) mass is 267 g/mol. The number of rotatable bonds is 2. The van der Waals surface area contributed by atoms with Crippen molar-refractivity contribution < 1.29 is 14.3 Å². The SMILES string of the molecule is CC(C)(C)OC(=O)N(C=C=O)c1cccc(Cl)c1. The third-order valence-corrected chi connectivity index (χ3v) is 2.09. The van der Waals surface area contributed by atoms with Crippen molar-refractivity contribution in [1.82, 2.24) is 0 Å².